The van der Waals surface area contributed by atoms with Gasteiger partial charge in [-0.15, -0.1) is 0 Å². The fraction of sp³-hybridized carbons (Fsp3) is 0.462. The first-order valence-electron chi connectivity index (χ1n) is 5.75. The molecule has 0 heterocycles. The van der Waals surface area contributed by atoms with E-state index in [-0.39, 0.29) is 11.9 Å². The molecule has 0 fully saturated rings. The van der Waals surface area contributed by atoms with Crippen molar-refractivity contribution in [3.05, 3.63) is 35.4 Å². The van der Waals surface area contributed by atoms with Crippen molar-refractivity contribution in [2.24, 2.45) is 0 Å². The Morgan fingerprint density at radius 2 is 1.89 bits per heavy atom. The van der Waals surface area contributed by atoms with Crippen LogP contribution < -0.4 is 5.32 Å². The quantitative estimate of drug-likeness (QED) is 0.894. The number of carbonyl (C=O) groups is 1. The van der Waals surface area contributed by atoms with Gasteiger partial charge in [-0.2, -0.15) is 0 Å². The highest BCUT2D eigenvalue weighted by molar-refractivity contribution is 5.80. The summed E-state index contributed by atoms with van der Waals surface area (Å²) < 4.78 is 26.3. The van der Waals surface area contributed by atoms with E-state index in [0.717, 1.165) is 6.07 Å². The van der Waals surface area contributed by atoms with Crippen molar-refractivity contribution in [2.75, 3.05) is 14.1 Å². The molecule has 1 aromatic carbocycles. The Labute approximate surface area is 106 Å². The van der Waals surface area contributed by atoms with Crippen molar-refractivity contribution in [1.82, 2.24) is 10.2 Å². The normalized spacial score (nSPS) is 14.1. The van der Waals surface area contributed by atoms with Crippen LogP contribution in [0.25, 0.3) is 0 Å². The molecule has 0 saturated heterocycles. The van der Waals surface area contributed by atoms with E-state index < -0.39 is 17.7 Å². The Morgan fingerprint density at radius 1 is 1.28 bits per heavy atom. The summed E-state index contributed by atoms with van der Waals surface area (Å²) in [6.45, 7) is 3.44. The molecule has 100 valence electrons. The summed E-state index contributed by atoms with van der Waals surface area (Å²) >= 11 is 0. The zero-order chi connectivity index (χ0) is 13.9. The molecule has 0 saturated carbocycles. The van der Waals surface area contributed by atoms with Gasteiger partial charge in [-0.25, -0.2) is 8.78 Å². The van der Waals surface area contributed by atoms with Crippen LogP contribution in [0.4, 0.5) is 8.78 Å². The molecule has 0 bridgehead atoms. The van der Waals surface area contributed by atoms with E-state index in [1.165, 1.54) is 17.0 Å². The Kier molecular flexibility index (Phi) is 4.78. The van der Waals surface area contributed by atoms with Crippen molar-refractivity contribution in [1.29, 1.82) is 0 Å². The van der Waals surface area contributed by atoms with E-state index >= 15 is 0 Å². The molecule has 3 nitrogen and oxygen atoms in total. The number of likely N-dealkylation sites (N-methyl/N-ethyl adjacent to an activating group) is 1. The zero-order valence-corrected chi connectivity index (χ0v) is 11.0. The van der Waals surface area contributed by atoms with E-state index in [1.54, 1.807) is 27.9 Å². The summed E-state index contributed by atoms with van der Waals surface area (Å²) in [6.07, 6.45) is 0. The lowest BCUT2D eigenvalue weighted by molar-refractivity contribution is -0.130. The number of nitrogens with zero attached hydrogens (tertiary/aromatic N) is 1. The maximum Gasteiger partial charge on any atom is 0.238 e. The highest BCUT2D eigenvalue weighted by Crippen LogP contribution is 2.18. The summed E-state index contributed by atoms with van der Waals surface area (Å²) in [7, 11) is 3.31. The Balaban J connectivity index is 2.76. The van der Waals surface area contributed by atoms with Gasteiger partial charge in [0.05, 0.1) is 6.04 Å². The number of amides is 1. The largest absolute Gasteiger partial charge is 0.347 e. The SMILES string of the molecule is CC(NC(C)c1ccc(F)cc1F)C(=O)N(C)C. The second kappa shape index (κ2) is 5.91. The van der Waals surface area contributed by atoms with Gasteiger partial charge in [0.25, 0.3) is 0 Å². The maximum absolute atomic E-state index is 13.5. The molecule has 0 radical (unpaired) electrons. The van der Waals surface area contributed by atoms with Crippen molar-refractivity contribution < 1.29 is 13.6 Å². The zero-order valence-electron chi connectivity index (χ0n) is 11.0. The minimum absolute atomic E-state index is 0.0932. The second-order valence-electron chi connectivity index (χ2n) is 4.51. The summed E-state index contributed by atoms with van der Waals surface area (Å²) in [5, 5.41) is 2.98. The van der Waals surface area contributed by atoms with Crippen LogP contribution in [0.15, 0.2) is 18.2 Å². The lowest BCUT2D eigenvalue weighted by Crippen LogP contribution is -2.42. The van der Waals surface area contributed by atoms with E-state index in [1.807, 2.05) is 0 Å². The van der Waals surface area contributed by atoms with Crippen LogP contribution in [0.3, 0.4) is 0 Å². The van der Waals surface area contributed by atoms with Crippen LogP contribution >= 0.6 is 0 Å². The summed E-state index contributed by atoms with van der Waals surface area (Å²) in [5.74, 6) is -1.32. The second-order valence-corrected chi connectivity index (χ2v) is 4.51. The monoisotopic (exact) mass is 256 g/mol. The van der Waals surface area contributed by atoms with Crippen LogP contribution in [0.1, 0.15) is 25.5 Å². The van der Waals surface area contributed by atoms with Crippen LogP contribution in [-0.2, 0) is 4.79 Å². The van der Waals surface area contributed by atoms with Crippen LogP contribution in [0, 0.1) is 11.6 Å². The first-order valence-corrected chi connectivity index (χ1v) is 5.75. The lowest BCUT2D eigenvalue weighted by Gasteiger charge is -2.22. The molecule has 2 unspecified atom stereocenters. The number of halogens is 2. The van der Waals surface area contributed by atoms with Gasteiger partial charge < -0.3 is 4.90 Å². The predicted molar refractivity (Wildman–Crippen MR) is 66.1 cm³/mol. The molecule has 1 aromatic rings. The van der Waals surface area contributed by atoms with Gasteiger partial charge in [-0.3, -0.25) is 10.1 Å². The van der Waals surface area contributed by atoms with Crippen molar-refractivity contribution >= 4 is 5.91 Å². The van der Waals surface area contributed by atoms with Gasteiger partial charge in [-0.1, -0.05) is 6.07 Å². The standard InChI is InChI=1S/C13H18F2N2O/c1-8(16-9(2)13(18)17(3)4)11-6-5-10(14)7-12(11)15/h5-9,16H,1-4H3. The van der Waals surface area contributed by atoms with E-state index in [0.29, 0.717) is 5.56 Å². The van der Waals surface area contributed by atoms with E-state index in [9.17, 15) is 13.6 Å². The van der Waals surface area contributed by atoms with Gasteiger partial charge in [0.1, 0.15) is 11.6 Å². The summed E-state index contributed by atoms with van der Waals surface area (Å²) in [5.41, 5.74) is 0.342. The number of hydrogen-bond acceptors (Lipinski definition) is 2. The third-order valence-electron chi connectivity index (χ3n) is 2.74. The molecule has 1 rings (SSSR count). The average Bonchev–Trinajstić information content (AvgIpc) is 2.27. The summed E-state index contributed by atoms with van der Waals surface area (Å²) in [4.78, 5) is 13.1. The number of benzene rings is 1. The number of hydrogen-bond donors (Lipinski definition) is 1. The maximum atomic E-state index is 13.5. The Hall–Kier alpha value is -1.49. The molecule has 0 aliphatic rings. The third kappa shape index (κ3) is 3.50. The molecule has 1 amide bonds. The van der Waals surface area contributed by atoms with Crippen LogP contribution in [0.2, 0.25) is 0 Å². The van der Waals surface area contributed by atoms with Gasteiger partial charge in [0.15, 0.2) is 0 Å². The molecule has 1 N–H and O–H groups in total. The molecule has 0 aromatic heterocycles. The van der Waals surface area contributed by atoms with Gasteiger partial charge in [0, 0.05) is 31.8 Å². The summed E-state index contributed by atoms with van der Waals surface area (Å²) in [6, 6.07) is 2.62. The lowest BCUT2D eigenvalue weighted by atomic mass is 10.1. The number of rotatable bonds is 4. The van der Waals surface area contributed by atoms with Gasteiger partial charge in [0.2, 0.25) is 5.91 Å². The predicted octanol–water partition coefficient (Wildman–Crippen LogP) is 2.09. The molecule has 0 spiro atoms. The Bertz CT molecular complexity index is 435. The third-order valence-corrected chi connectivity index (χ3v) is 2.74. The first kappa shape index (κ1) is 14.6. The van der Waals surface area contributed by atoms with Crippen LogP contribution in [-0.4, -0.2) is 30.9 Å². The van der Waals surface area contributed by atoms with Crippen molar-refractivity contribution in [3.8, 4) is 0 Å². The molecule has 0 aliphatic heterocycles. The van der Waals surface area contributed by atoms with Gasteiger partial charge in [-0.05, 0) is 19.9 Å². The molecular formula is C13H18F2N2O. The molecule has 0 aliphatic carbocycles. The van der Waals surface area contributed by atoms with Crippen molar-refractivity contribution in [3.63, 3.8) is 0 Å². The van der Waals surface area contributed by atoms with E-state index in [2.05, 4.69) is 5.32 Å². The molecule has 5 heteroatoms. The highest BCUT2D eigenvalue weighted by Gasteiger charge is 2.19. The fourth-order valence-electron chi connectivity index (χ4n) is 1.78. The smallest absolute Gasteiger partial charge is 0.238 e. The molecule has 2 atom stereocenters. The highest BCUT2D eigenvalue weighted by atomic mass is 19.1. The van der Waals surface area contributed by atoms with Crippen molar-refractivity contribution in [2.45, 2.75) is 25.9 Å². The minimum Gasteiger partial charge on any atom is -0.347 e. The minimum atomic E-state index is -0.612. The topological polar surface area (TPSA) is 32.3 Å². The number of carbonyl (C=O) groups excluding carboxylic acids is 1. The number of nitrogens with one attached hydrogen (secondary N) is 1. The fourth-order valence-corrected chi connectivity index (χ4v) is 1.78. The van der Waals surface area contributed by atoms with Gasteiger partial charge >= 0.3 is 0 Å². The van der Waals surface area contributed by atoms with Crippen LogP contribution in [0.5, 0.6) is 0 Å². The molecular weight excluding hydrogens is 238 g/mol. The molecule has 18 heavy (non-hydrogen) atoms. The first-order chi connectivity index (χ1) is 8.32. The average molecular weight is 256 g/mol. The Morgan fingerprint density at radius 3 is 2.39 bits per heavy atom. The van der Waals surface area contributed by atoms with E-state index in [4.69, 9.17) is 0 Å².